The highest BCUT2D eigenvalue weighted by molar-refractivity contribution is 5.96. The summed E-state index contributed by atoms with van der Waals surface area (Å²) >= 11 is 0. The number of nitrogens with two attached hydrogens (primary N) is 1. The van der Waals surface area contributed by atoms with Gasteiger partial charge in [-0.2, -0.15) is 0 Å². The van der Waals surface area contributed by atoms with Crippen molar-refractivity contribution in [3.63, 3.8) is 0 Å². The molecule has 2 heterocycles. The molecule has 4 atom stereocenters. The van der Waals surface area contributed by atoms with Gasteiger partial charge in [0.15, 0.2) is 5.78 Å². The van der Waals surface area contributed by atoms with E-state index in [1.54, 1.807) is 19.3 Å². The molecule has 1 saturated carbocycles. The summed E-state index contributed by atoms with van der Waals surface area (Å²) in [5.74, 6) is -3.30. The molecule has 3 aromatic rings. The van der Waals surface area contributed by atoms with Gasteiger partial charge < -0.3 is 15.8 Å². The molecule has 1 aromatic carbocycles. The third-order valence-electron chi connectivity index (χ3n) is 6.91. The number of nitrogens with one attached hydrogen (secondary N) is 1. The zero-order valence-electron chi connectivity index (χ0n) is 21.1. The minimum Gasteiger partial charge on any atom is -0.450 e. The number of amides is 1. The number of rotatable bonds is 7. The van der Waals surface area contributed by atoms with Crippen LogP contribution < -0.4 is 11.1 Å². The zero-order chi connectivity index (χ0) is 27.4. The Labute approximate surface area is 218 Å². The first-order chi connectivity index (χ1) is 18.2. The van der Waals surface area contributed by atoms with Gasteiger partial charge in [0.05, 0.1) is 12.2 Å². The normalized spacial score (nSPS) is 21.1. The molecule has 0 aliphatic heterocycles. The molecule has 4 rings (SSSR count). The molecule has 7 nitrogen and oxygen atoms in total. The molecule has 38 heavy (non-hydrogen) atoms. The number of hydrogen-bond acceptors (Lipinski definition) is 6. The van der Waals surface area contributed by atoms with Crippen molar-refractivity contribution < 1.29 is 27.5 Å². The monoisotopic (exact) mass is 526 g/mol. The van der Waals surface area contributed by atoms with E-state index in [0.717, 1.165) is 29.8 Å². The Kier molecular flexibility index (Phi) is 8.41. The smallest absolute Gasteiger partial charge is 0.407 e. The molecule has 0 radical (unpaired) electrons. The SMILES string of the molecule is CCOC(=O)N[C@@H]1[C@H](N)C[C@H](c2ccncc2CC(=O)c2ccc(F)c(-c3c(F)cccc3F)n2)C[C@@H]1C. The number of aromatic nitrogens is 2. The number of hydrogen-bond donors (Lipinski definition) is 2. The fourth-order valence-electron chi connectivity index (χ4n) is 5.15. The highest BCUT2D eigenvalue weighted by atomic mass is 19.1. The number of ether oxygens (including phenoxy) is 1. The van der Waals surface area contributed by atoms with Crippen molar-refractivity contribution in [2.45, 2.75) is 51.1 Å². The van der Waals surface area contributed by atoms with Gasteiger partial charge in [0, 0.05) is 30.9 Å². The Balaban J connectivity index is 1.55. The first-order valence-corrected chi connectivity index (χ1v) is 12.4. The van der Waals surface area contributed by atoms with Crippen LogP contribution in [0.1, 0.15) is 54.2 Å². The van der Waals surface area contributed by atoms with Gasteiger partial charge >= 0.3 is 6.09 Å². The van der Waals surface area contributed by atoms with Crippen LogP contribution in [0, 0.1) is 23.4 Å². The van der Waals surface area contributed by atoms with Gasteiger partial charge in [-0.1, -0.05) is 13.0 Å². The van der Waals surface area contributed by atoms with Crippen LogP contribution in [0.3, 0.4) is 0 Å². The summed E-state index contributed by atoms with van der Waals surface area (Å²) in [5, 5.41) is 2.85. The molecule has 200 valence electrons. The molecule has 0 saturated heterocycles. The maximum absolute atomic E-state index is 14.5. The second-order valence-corrected chi connectivity index (χ2v) is 9.50. The molecule has 1 fully saturated rings. The summed E-state index contributed by atoms with van der Waals surface area (Å²) in [6.45, 7) is 3.99. The van der Waals surface area contributed by atoms with Crippen LogP contribution in [0.25, 0.3) is 11.3 Å². The van der Waals surface area contributed by atoms with Crippen molar-refractivity contribution >= 4 is 11.9 Å². The quantitative estimate of drug-likeness (QED) is 0.422. The molecule has 10 heteroatoms. The Hall–Kier alpha value is -3.79. The predicted octanol–water partition coefficient (Wildman–Crippen LogP) is 4.94. The molecule has 0 bridgehead atoms. The number of ketones is 1. The lowest BCUT2D eigenvalue weighted by Gasteiger charge is -2.39. The first kappa shape index (κ1) is 27.3. The van der Waals surface area contributed by atoms with E-state index in [2.05, 4.69) is 15.3 Å². The third-order valence-corrected chi connectivity index (χ3v) is 6.91. The Morgan fingerprint density at radius 1 is 1.08 bits per heavy atom. The van der Waals surface area contributed by atoms with Crippen LogP contribution in [-0.4, -0.2) is 40.5 Å². The molecule has 2 aromatic heterocycles. The number of Topliss-reactive ketones (excluding diaryl/α,β-unsaturated/α-hetero) is 1. The standard InChI is InChI=1S/C28H29F3N4O3/c1-3-38-28(37)35-26-15(2)11-16(12-22(26)32)18-9-10-33-14-17(18)13-24(36)23-8-7-21(31)27(34-23)25-19(29)5-4-6-20(25)30/h4-10,14-16,22,26H,3,11-13,32H2,1-2H3,(H,35,37)/t15-,16+,22+,26-/m0/s1. The van der Waals surface area contributed by atoms with Crippen LogP contribution in [0.15, 0.2) is 48.8 Å². The van der Waals surface area contributed by atoms with Gasteiger partial charge in [-0.25, -0.2) is 22.9 Å². The van der Waals surface area contributed by atoms with E-state index in [-0.39, 0.29) is 42.6 Å². The fourth-order valence-corrected chi connectivity index (χ4v) is 5.15. The maximum Gasteiger partial charge on any atom is 0.407 e. The number of alkyl carbamates (subject to hydrolysis) is 1. The highest BCUT2D eigenvalue weighted by Gasteiger charge is 2.36. The molecule has 0 unspecified atom stereocenters. The third kappa shape index (κ3) is 5.85. The lowest BCUT2D eigenvalue weighted by atomic mass is 9.72. The van der Waals surface area contributed by atoms with Gasteiger partial charge in [0.1, 0.15) is 28.8 Å². The number of pyridine rings is 2. The van der Waals surface area contributed by atoms with Gasteiger partial charge in [0.2, 0.25) is 0 Å². The molecule has 1 amide bonds. The second-order valence-electron chi connectivity index (χ2n) is 9.50. The van der Waals surface area contributed by atoms with Crippen LogP contribution in [0.2, 0.25) is 0 Å². The van der Waals surface area contributed by atoms with Crippen LogP contribution in [0.4, 0.5) is 18.0 Å². The van der Waals surface area contributed by atoms with E-state index in [1.165, 1.54) is 6.07 Å². The van der Waals surface area contributed by atoms with Gasteiger partial charge in [-0.15, -0.1) is 0 Å². The summed E-state index contributed by atoms with van der Waals surface area (Å²) in [7, 11) is 0. The molecule has 0 spiro atoms. The predicted molar refractivity (Wildman–Crippen MR) is 135 cm³/mol. The summed E-state index contributed by atoms with van der Waals surface area (Å²) in [4.78, 5) is 33.3. The molecule has 3 N–H and O–H groups in total. The molecule has 1 aliphatic rings. The lowest BCUT2D eigenvalue weighted by molar-refractivity contribution is 0.0987. The van der Waals surface area contributed by atoms with Crippen molar-refractivity contribution in [1.29, 1.82) is 0 Å². The van der Waals surface area contributed by atoms with Gasteiger partial charge in [-0.05, 0) is 73.1 Å². The number of nitrogens with zero attached hydrogens (tertiary/aromatic N) is 2. The van der Waals surface area contributed by atoms with Crippen LogP contribution in [-0.2, 0) is 11.2 Å². The van der Waals surface area contributed by atoms with Gasteiger partial charge in [0.25, 0.3) is 0 Å². The Morgan fingerprint density at radius 3 is 2.50 bits per heavy atom. The summed E-state index contributed by atoms with van der Waals surface area (Å²) < 4.78 is 48.0. The van der Waals surface area contributed by atoms with Crippen LogP contribution in [0.5, 0.6) is 0 Å². The van der Waals surface area contributed by atoms with Crippen molar-refractivity contribution in [2.24, 2.45) is 11.7 Å². The Morgan fingerprint density at radius 2 is 1.82 bits per heavy atom. The van der Waals surface area contributed by atoms with E-state index >= 15 is 0 Å². The number of benzene rings is 1. The largest absolute Gasteiger partial charge is 0.450 e. The number of carbonyl (C=O) groups is 2. The van der Waals surface area contributed by atoms with Crippen molar-refractivity contribution in [1.82, 2.24) is 15.3 Å². The minimum atomic E-state index is -0.978. The Bertz CT molecular complexity index is 1300. The summed E-state index contributed by atoms with van der Waals surface area (Å²) in [5.41, 5.74) is 6.68. The topological polar surface area (TPSA) is 107 Å². The van der Waals surface area contributed by atoms with E-state index < -0.39 is 40.6 Å². The molecular weight excluding hydrogens is 497 g/mol. The van der Waals surface area contributed by atoms with Crippen molar-refractivity contribution in [2.75, 3.05) is 6.61 Å². The van der Waals surface area contributed by atoms with E-state index in [1.807, 2.05) is 13.0 Å². The zero-order valence-corrected chi connectivity index (χ0v) is 21.1. The minimum absolute atomic E-state index is 0.00953. The second kappa shape index (κ2) is 11.7. The fraction of sp³-hybridized carbons (Fsp3) is 0.357. The number of carbonyl (C=O) groups excluding carboxylic acids is 2. The van der Waals surface area contributed by atoms with Gasteiger partial charge in [-0.3, -0.25) is 9.78 Å². The molecular formula is C28H29F3N4O3. The average Bonchev–Trinajstić information content (AvgIpc) is 2.87. The van der Waals surface area contributed by atoms with E-state index in [0.29, 0.717) is 18.4 Å². The summed E-state index contributed by atoms with van der Waals surface area (Å²) in [6, 6.07) is 6.59. The molecule has 1 aliphatic carbocycles. The van der Waals surface area contributed by atoms with Crippen molar-refractivity contribution in [3.8, 4) is 11.3 Å². The van der Waals surface area contributed by atoms with Crippen molar-refractivity contribution in [3.05, 3.63) is 83.1 Å². The van der Waals surface area contributed by atoms with E-state index in [9.17, 15) is 22.8 Å². The lowest BCUT2D eigenvalue weighted by Crippen LogP contribution is -2.54. The summed E-state index contributed by atoms with van der Waals surface area (Å²) in [6.07, 6.45) is 3.91. The van der Waals surface area contributed by atoms with E-state index in [4.69, 9.17) is 10.5 Å². The van der Waals surface area contributed by atoms with Crippen LogP contribution >= 0.6 is 0 Å². The number of halogens is 3. The maximum atomic E-state index is 14.5. The highest BCUT2D eigenvalue weighted by Crippen LogP contribution is 2.37. The average molecular weight is 527 g/mol. The first-order valence-electron chi connectivity index (χ1n) is 12.4.